The molecule has 3 aromatic carbocycles. The molecule has 3 aromatic rings. The first-order valence-electron chi connectivity index (χ1n) is 16.7. The van der Waals surface area contributed by atoms with Crippen molar-refractivity contribution in [1.29, 1.82) is 0 Å². The lowest BCUT2D eigenvalue weighted by Crippen LogP contribution is -2.59. The second kappa shape index (κ2) is 15.7. The molecular formula is C35H37Cl2F3N6O5S. The SMILES string of the molecule is CCOc1cc(C(F)(F)F)ccc1C1=NC(c2ccc(Cl)cc2)C(c2ccc(Cl)cc2)N1C(=O)N1CCN(S(=O)(=O)N2CCN(CC=O)CC2)CC1. The van der Waals surface area contributed by atoms with Crippen molar-refractivity contribution in [2.24, 2.45) is 4.99 Å². The Kier molecular flexibility index (Phi) is 11.5. The second-order valence-electron chi connectivity index (χ2n) is 12.5. The fourth-order valence-electron chi connectivity index (χ4n) is 6.69. The summed E-state index contributed by atoms with van der Waals surface area (Å²) in [7, 11) is -3.84. The van der Waals surface area contributed by atoms with Gasteiger partial charge in [-0.3, -0.25) is 14.8 Å². The van der Waals surface area contributed by atoms with Crippen molar-refractivity contribution in [1.82, 2.24) is 23.3 Å². The van der Waals surface area contributed by atoms with Crippen LogP contribution >= 0.6 is 23.2 Å². The molecule has 0 aliphatic carbocycles. The number of piperazine rings is 2. The number of hydrogen-bond donors (Lipinski definition) is 0. The third-order valence-electron chi connectivity index (χ3n) is 9.37. The number of urea groups is 1. The fraction of sp³-hybridized carbons (Fsp3) is 0.400. The summed E-state index contributed by atoms with van der Waals surface area (Å²) >= 11 is 12.5. The summed E-state index contributed by atoms with van der Waals surface area (Å²) in [5, 5.41) is 0.951. The molecule has 3 aliphatic rings. The van der Waals surface area contributed by atoms with Gasteiger partial charge < -0.3 is 14.4 Å². The molecule has 2 fully saturated rings. The van der Waals surface area contributed by atoms with Crippen molar-refractivity contribution in [3.05, 3.63) is 99.0 Å². The monoisotopic (exact) mass is 780 g/mol. The van der Waals surface area contributed by atoms with E-state index in [1.54, 1.807) is 55.5 Å². The molecule has 3 heterocycles. The zero-order valence-corrected chi connectivity index (χ0v) is 30.5. The van der Waals surface area contributed by atoms with Crippen LogP contribution in [0.1, 0.15) is 41.3 Å². The molecule has 2 unspecified atom stereocenters. The summed E-state index contributed by atoms with van der Waals surface area (Å²) in [6, 6.07) is 15.0. The number of amidine groups is 1. The molecule has 278 valence electrons. The predicted octanol–water partition coefficient (Wildman–Crippen LogP) is 5.75. The van der Waals surface area contributed by atoms with Gasteiger partial charge in [-0.25, -0.2) is 4.79 Å². The lowest BCUT2D eigenvalue weighted by Gasteiger charge is -2.41. The number of amides is 2. The minimum atomic E-state index is -4.64. The Labute approximate surface area is 310 Å². The molecule has 0 spiro atoms. The number of hydrogen-bond acceptors (Lipinski definition) is 7. The van der Waals surface area contributed by atoms with Crippen LogP contribution in [0.5, 0.6) is 5.75 Å². The van der Waals surface area contributed by atoms with Crippen molar-refractivity contribution >= 4 is 51.6 Å². The summed E-state index contributed by atoms with van der Waals surface area (Å²) in [4.78, 5) is 35.6. The van der Waals surface area contributed by atoms with Gasteiger partial charge in [0.05, 0.1) is 30.3 Å². The van der Waals surface area contributed by atoms with Crippen LogP contribution in [-0.4, -0.2) is 115 Å². The second-order valence-corrected chi connectivity index (χ2v) is 15.3. The van der Waals surface area contributed by atoms with Crippen LogP contribution in [-0.2, 0) is 21.2 Å². The van der Waals surface area contributed by atoms with E-state index in [1.807, 2.05) is 4.90 Å². The quantitative estimate of drug-likeness (QED) is 0.256. The van der Waals surface area contributed by atoms with Gasteiger partial charge in [0.25, 0.3) is 10.2 Å². The number of carbonyl (C=O) groups excluding carboxylic acids is 2. The molecule has 52 heavy (non-hydrogen) atoms. The maximum Gasteiger partial charge on any atom is 0.416 e. The first-order valence-corrected chi connectivity index (χ1v) is 18.9. The van der Waals surface area contributed by atoms with Crippen molar-refractivity contribution in [2.75, 3.05) is 65.5 Å². The number of carbonyl (C=O) groups is 2. The van der Waals surface area contributed by atoms with Gasteiger partial charge in [-0.05, 0) is 60.5 Å². The molecule has 0 N–H and O–H groups in total. The van der Waals surface area contributed by atoms with Gasteiger partial charge in [0.15, 0.2) is 0 Å². The fourth-order valence-corrected chi connectivity index (χ4v) is 8.51. The molecular weight excluding hydrogens is 744 g/mol. The highest BCUT2D eigenvalue weighted by Crippen LogP contribution is 2.46. The molecule has 0 bridgehead atoms. The van der Waals surface area contributed by atoms with Gasteiger partial charge in [0.1, 0.15) is 23.9 Å². The third kappa shape index (κ3) is 7.94. The van der Waals surface area contributed by atoms with Crippen LogP contribution < -0.4 is 4.74 Å². The van der Waals surface area contributed by atoms with Gasteiger partial charge in [-0.2, -0.15) is 30.2 Å². The molecule has 11 nitrogen and oxygen atoms in total. The van der Waals surface area contributed by atoms with E-state index in [0.29, 0.717) is 34.3 Å². The predicted molar refractivity (Wildman–Crippen MR) is 191 cm³/mol. The van der Waals surface area contributed by atoms with Crippen molar-refractivity contribution < 1.29 is 35.9 Å². The van der Waals surface area contributed by atoms with E-state index in [2.05, 4.69) is 0 Å². The molecule has 0 radical (unpaired) electrons. The Morgan fingerprint density at radius 3 is 1.96 bits per heavy atom. The molecule has 2 amide bonds. The number of aldehydes is 1. The Morgan fingerprint density at radius 1 is 0.865 bits per heavy atom. The molecule has 2 saturated heterocycles. The summed E-state index contributed by atoms with van der Waals surface area (Å²) in [5.74, 6) is 0.00922. The molecule has 3 aliphatic heterocycles. The average molecular weight is 782 g/mol. The van der Waals surface area contributed by atoms with Crippen LogP contribution in [0.3, 0.4) is 0 Å². The van der Waals surface area contributed by atoms with Crippen molar-refractivity contribution in [2.45, 2.75) is 25.2 Å². The zero-order valence-electron chi connectivity index (χ0n) is 28.2. The van der Waals surface area contributed by atoms with Gasteiger partial charge in [0.2, 0.25) is 0 Å². The van der Waals surface area contributed by atoms with Gasteiger partial charge >= 0.3 is 12.2 Å². The highest BCUT2D eigenvalue weighted by atomic mass is 35.5. The Hall–Kier alpha value is -3.73. The van der Waals surface area contributed by atoms with Crippen LogP contribution in [0.15, 0.2) is 71.7 Å². The lowest BCUT2D eigenvalue weighted by molar-refractivity contribution is -0.137. The van der Waals surface area contributed by atoms with E-state index in [9.17, 15) is 31.2 Å². The molecule has 6 rings (SSSR count). The smallest absolute Gasteiger partial charge is 0.416 e. The van der Waals surface area contributed by atoms with Gasteiger partial charge in [0, 0.05) is 62.4 Å². The van der Waals surface area contributed by atoms with Crippen molar-refractivity contribution in [3.63, 3.8) is 0 Å². The minimum Gasteiger partial charge on any atom is -0.493 e. The Morgan fingerprint density at radius 2 is 1.42 bits per heavy atom. The normalized spacial score (nSPS) is 20.9. The number of halogens is 5. The number of aliphatic imine (C=N–C) groups is 1. The number of alkyl halides is 3. The molecule has 2 atom stereocenters. The summed E-state index contributed by atoms with van der Waals surface area (Å²) in [6.45, 7) is 3.46. The third-order valence-corrected chi connectivity index (χ3v) is 11.9. The summed E-state index contributed by atoms with van der Waals surface area (Å²) in [5.41, 5.74) is 0.637. The van der Waals surface area contributed by atoms with E-state index >= 15 is 0 Å². The number of benzene rings is 3. The van der Waals surface area contributed by atoms with Crippen LogP contribution in [0.2, 0.25) is 10.0 Å². The van der Waals surface area contributed by atoms with Crippen LogP contribution in [0.4, 0.5) is 18.0 Å². The first kappa shape index (κ1) is 38.0. The molecule has 0 aromatic heterocycles. The summed E-state index contributed by atoms with van der Waals surface area (Å²) in [6.07, 6.45) is -3.85. The van der Waals surface area contributed by atoms with E-state index < -0.39 is 40.1 Å². The first-order chi connectivity index (χ1) is 24.8. The van der Waals surface area contributed by atoms with Gasteiger partial charge in [-0.15, -0.1) is 0 Å². The average Bonchev–Trinajstić information content (AvgIpc) is 3.52. The van der Waals surface area contributed by atoms with Crippen LogP contribution in [0.25, 0.3) is 0 Å². The Balaban J connectivity index is 1.36. The highest BCUT2D eigenvalue weighted by molar-refractivity contribution is 7.86. The van der Waals surface area contributed by atoms with Crippen molar-refractivity contribution in [3.8, 4) is 5.75 Å². The maximum atomic E-state index is 14.8. The van der Waals surface area contributed by atoms with E-state index in [-0.39, 0.29) is 69.6 Å². The number of ether oxygens (including phenoxy) is 1. The van der Waals surface area contributed by atoms with E-state index in [4.69, 9.17) is 32.9 Å². The maximum absolute atomic E-state index is 14.8. The van der Waals surface area contributed by atoms with E-state index in [1.165, 1.54) is 24.5 Å². The summed E-state index contributed by atoms with van der Waals surface area (Å²) < 4.78 is 77.1. The minimum absolute atomic E-state index is 0.0274. The highest BCUT2D eigenvalue weighted by Gasteiger charge is 2.46. The number of rotatable bonds is 9. The van der Waals surface area contributed by atoms with Gasteiger partial charge in [-0.1, -0.05) is 47.5 Å². The molecule has 0 saturated carbocycles. The largest absolute Gasteiger partial charge is 0.493 e. The zero-order chi connectivity index (χ0) is 37.2. The topological polar surface area (TPSA) is 106 Å². The van der Waals surface area contributed by atoms with Crippen LogP contribution in [0, 0.1) is 0 Å². The lowest BCUT2D eigenvalue weighted by atomic mass is 9.93. The standard InChI is InChI=1S/C35H37Cl2F3N6O5S/c1-2-51-30-23-26(35(38,39)40)7-12-29(30)33-41-31(24-3-8-27(36)9-4-24)32(25-5-10-28(37)11-6-25)46(33)34(48)43-15-19-45(20-16-43)52(49,50)44-17-13-42(14-18-44)21-22-47/h3-12,22-23,31-32H,2,13-21H2,1H3. The number of nitrogens with zero attached hydrogens (tertiary/aromatic N) is 6. The molecule has 17 heteroatoms. The van der Waals surface area contributed by atoms with E-state index in [0.717, 1.165) is 18.4 Å². The Bertz CT molecular complexity index is 1900.